The molecule has 0 fully saturated rings. The molecule has 2 aromatic rings. The number of aromatic nitrogens is 2. The molecular weight excluding hydrogens is 431 g/mol. The summed E-state index contributed by atoms with van der Waals surface area (Å²) >= 11 is 0. The highest BCUT2D eigenvalue weighted by molar-refractivity contribution is 5.84. The van der Waals surface area contributed by atoms with E-state index in [0.717, 1.165) is 11.4 Å². The molecule has 0 bridgehead atoms. The predicted molar refractivity (Wildman–Crippen MR) is 118 cm³/mol. The number of nitrogens with one attached hydrogen (secondary N) is 3. The molecule has 1 aromatic heterocycles. The first kappa shape index (κ1) is 22.7. The summed E-state index contributed by atoms with van der Waals surface area (Å²) in [6.45, 7) is 5.48. The minimum absolute atomic E-state index is 0.0236. The molecule has 2 aliphatic heterocycles. The van der Waals surface area contributed by atoms with Crippen LogP contribution in [0, 0.1) is 5.82 Å². The molecule has 4 N–H and O–H groups in total. The number of carbonyl (C=O) groups is 1. The Morgan fingerprint density at radius 3 is 2.67 bits per heavy atom. The molecule has 1 aromatic carbocycles. The number of amidine groups is 1. The van der Waals surface area contributed by atoms with Gasteiger partial charge in [-0.05, 0) is 31.5 Å². The molecular formula is C21H27FN8O3. The van der Waals surface area contributed by atoms with E-state index in [9.17, 15) is 19.1 Å². The summed E-state index contributed by atoms with van der Waals surface area (Å²) < 4.78 is 14.5. The van der Waals surface area contributed by atoms with E-state index in [2.05, 4.69) is 31.3 Å². The van der Waals surface area contributed by atoms with Crippen molar-refractivity contribution in [2.75, 3.05) is 20.1 Å². The lowest BCUT2D eigenvalue weighted by Crippen LogP contribution is -2.55. The molecule has 0 saturated heterocycles. The van der Waals surface area contributed by atoms with Crippen molar-refractivity contribution in [1.82, 2.24) is 35.8 Å². The molecule has 0 saturated carbocycles. The van der Waals surface area contributed by atoms with Gasteiger partial charge in [0.1, 0.15) is 11.6 Å². The Morgan fingerprint density at radius 1 is 1.27 bits per heavy atom. The Morgan fingerprint density at radius 2 is 2.00 bits per heavy atom. The number of amides is 1. The van der Waals surface area contributed by atoms with Crippen LogP contribution in [0.4, 0.5) is 4.39 Å². The van der Waals surface area contributed by atoms with Crippen LogP contribution in [0.15, 0.2) is 34.2 Å². The Hall–Kier alpha value is -3.51. The summed E-state index contributed by atoms with van der Waals surface area (Å²) in [6.07, 6.45) is -0.255. The second-order valence-electron chi connectivity index (χ2n) is 8.58. The van der Waals surface area contributed by atoms with Crippen LogP contribution in [-0.2, 0) is 29.8 Å². The Bertz CT molecular complexity index is 1150. The molecule has 0 aliphatic carbocycles. The Kier molecular flexibility index (Phi) is 6.04. The molecule has 176 valence electrons. The van der Waals surface area contributed by atoms with Crippen molar-refractivity contribution < 1.29 is 14.3 Å². The summed E-state index contributed by atoms with van der Waals surface area (Å²) in [5.74, 6) is -0.0917. The zero-order chi connectivity index (χ0) is 23.8. The van der Waals surface area contributed by atoms with Crippen LogP contribution >= 0.6 is 0 Å². The first-order valence-electron chi connectivity index (χ1n) is 10.6. The van der Waals surface area contributed by atoms with Crippen LogP contribution < -0.4 is 21.8 Å². The summed E-state index contributed by atoms with van der Waals surface area (Å²) in [5, 5.41) is 19.0. The number of fused-ring (bicyclic) bond motifs is 1. The minimum atomic E-state index is -0.657. The molecule has 12 heteroatoms. The number of aromatic hydroxyl groups is 1. The fourth-order valence-electron chi connectivity index (χ4n) is 3.95. The molecule has 2 aliphatic rings. The number of hydrazine groups is 2. The van der Waals surface area contributed by atoms with Crippen molar-refractivity contribution >= 4 is 11.7 Å². The largest absolute Gasteiger partial charge is 0.502 e. The third kappa shape index (κ3) is 4.66. The molecule has 0 atom stereocenters. The number of hydrogen-bond donors (Lipinski definition) is 4. The van der Waals surface area contributed by atoms with Gasteiger partial charge in [0.25, 0.3) is 5.56 Å². The zero-order valence-electron chi connectivity index (χ0n) is 18.7. The lowest BCUT2D eigenvalue weighted by molar-refractivity contribution is -0.120. The first-order chi connectivity index (χ1) is 15.6. The van der Waals surface area contributed by atoms with Crippen LogP contribution in [-0.4, -0.2) is 56.6 Å². The van der Waals surface area contributed by atoms with Gasteiger partial charge in [0.2, 0.25) is 11.7 Å². The molecule has 3 heterocycles. The van der Waals surface area contributed by atoms with Gasteiger partial charge < -0.3 is 10.4 Å². The quantitative estimate of drug-likeness (QED) is 0.468. The summed E-state index contributed by atoms with van der Waals surface area (Å²) in [7, 11) is 1.80. The number of hydrogen-bond acceptors (Lipinski definition) is 9. The van der Waals surface area contributed by atoms with E-state index in [1.807, 2.05) is 13.8 Å². The molecule has 0 radical (unpaired) electrons. The Labute approximate surface area is 189 Å². The van der Waals surface area contributed by atoms with Crippen molar-refractivity contribution in [1.29, 1.82) is 0 Å². The number of halogens is 1. The minimum Gasteiger partial charge on any atom is -0.502 e. The molecule has 1 amide bonds. The highest BCUT2D eigenvalue weighted by Crippen LogP contribution is 2.30. The molecule has 11 nitrogen and oxygen atoms in total. The molecule has 33 heavy (non-hydrogen) atoms. The van der Waals surface area contributed by atoms with Gasteiger partial charge >= 0.3 is 0 Å². The van der Waals surface area contributed by atoms with Crippen LogP contribution in [0.2, 0.25) is 0 Å². The van der Waals surface area contributed by atoms with Gasteiger partial charge in [-0.3, -0.25) is 24.5 Å². The van der Waals surface area contributed by atoms with Crippen LogP contribution in [0.25, 0.3) is 0 Å². The number of benzene rings is 1. The molecule has 0 unspecified atom stereocenters. The highest BCUT2D eigenvalue weighted by atomic mass is 19.1. The number of nitrogens with zero attached hydrogens (tertiary/aromatic N) is 5. The SMILES string of the molecule is CN1NN=C(CN2CCn3c(nc(CC(=O)NCc4ccc(F)cc4)c(O)c3=O)C2(C)C)N1. The van der Waals surface area contributed by atoms with Gasteiger partial charge in [-0.1, -0.05) is 12.1 Å². The first-order valence-corrected chi connectivity index (χ1v) is 10.6. The maximum absolute atomic E-state index is 13.0. The Balaban J connectivity index is 1.52. The standard InChI is InChI=1S/C21H27FN8O3/c1-21(2)20-24-15(10-17(31)23-11-13-4-6-14(22)7-5-13)18(32)19(33)30(20)9-8-29(21)12-16-25-27-28(3)26-16/h4-7,27,32H,8-12H2,1-3H3,(H,23,31)(H,25,26). The summed E-state index contributed by atoms with van der Waals surface area (Å²) in [4.78, 5) is 32.0. The van der Waals surface area contributed by atoms with Gasteiger partial charge in [-0.2, -0.15) is 0 Å². The predicted octanol–water partition coefficient (Wildman–Crippen LogP) is -0.234. The molecule has 0 spiro atoms. The topological polar surface area (TPSA) is 127 Å². The number of carbonyl (C=O) groups excluding carboxylic acids is 1. The van der Waals surface area contributed by atoms with Crippen molar-refractivity contribution in [3.8, 4) is 5.75 Å². The molecule has 4 rings (SSSR count). The maximum Gasteiger partial charge on any atom is 0.296 e. The average molecular weight is 458 g/mol. The van der Waals surface area contributed by atoms with Crippen molar-refractivity contribution in [2.45, 2.75) is 38.9 Å². The maximum atomic E-state index is 13.0. The number of hydrazone groups is 1. The van der Waals surface area contributed by atoms with Crippen LogP contribution in [0.3, 0.4) is 0 Å². The second kappa shape index (κ2) is 8.79. The van der Waals surface area contributed by atoms with Crippen molar-refractivity contribution in [3.05, 3.63) is 57.5 Å². The normalized spacial score (nSPS) is 17.6. The fourth-order valence-corrected chi connectivity index (χ4v) is 3.95. The summed E-state index contributed by atoms with van der Waals surface area (Å²) in [6, 6.07) is 5.77. The van der Waals surface area contributed by atoms with Crippen molar-refractivity contribution in [2.24, 2.45) is 5.10 Å². The third-order valence-electron chi connectivity index (χ3n) is 5.85. The fraction of sp³-hybridized carbons (Fsp3) is 0.429. The summed E-state index contributed by atoms with van der Waals surface area (Å²) in [5.41, 5.74) is 5.41. The lowest BCUT2D eigenvalue weighted by atomic mass is 9.98. The van der Waals surface area contributed by atoms with Crippen molar-refractivity contribution in [3.63, 3.8) is 0 Å². The smallest absolute Gasteiger partial charge is 0.296 e. The second-order valence-corrected chi connectivity index (χ2v) is 8.58. The monoisotopic (exact) mass is 458 g/mol. The van der Waals surface area contributed by atoms with Gasteiger partial charge in [0.05, 0.1) is 24.2 Å². The van der Waals surface area contributed by atoms with E-state index >= 15 is 0 Å². The third-order valence-corrected chi connectivity index (χ3v) is 5.85. The van der Waals surface area contributed by atoms with E-state index in [1.165, 1.54) is 16.7 Å². The van der Waals surface area contributed by atoms with Crippen LogP contribution in [0.1, 0.15) is 30.9 Å². The van der Waals surface area contributed by atoms with E-state index < -0.39 is 22.8 Å². The van der Waals surface area contributed by atoms with Gasteiger partial charge in [0.15, 0.2) is 5.84 Å². The van der Waals surface area contributed by atoms with Crippen LogP contribution in [0.5, 0.6) is 5.75 Å². The zero-order valence-corrected chi connectivity index (χ0v) is 18.7. The van der Waals surface area contributed by atoms with E-state index in [1.54, 1.807) is 24.3 Å². The number of rotatable bonds is 6. The van der Waals surface area contributed by atoms with Gasteiger partial charge in [-0.15, -0.1) is 10.2 Å². The lowest BCUT2D eigenvalue weighted by Gasteiger charge is -2.43. The van der Waals surface area contributed by atoms with E-state index in [0.29, 0.717) is 25.5 Å². The van der Waals surface area contributed by atoms with E-state index in [-0.39, 0.29) is 24.5 Å². The van der Waals surface area contributed by atoms with E-state index in [4.69, 9.17) is 0 Å². The van der Waals surface area contributed by atoms with Gasteiger partial charge in [0, 0.05) is 26.7 Å². The average Bonchev–Trinajstić information content (AvgIpc) is 3.18. The highest BCUT2D eigenvalue weighted by Gasteiger charge is 2.39. The van der Waals surface area contributed by atoms with Gasteiger partial charge in [-0.25, -0.2) is 14.9 Å².